The number of aliphatic hydroxyl groups is 1. The van der Waals surface area contributed by atoms with Crippen LogP contribution in [-0.2, 0) is 10.2 Å². The Bertz CT molecular complexity index is 288. The first kappa shape index (κ1) is 15.8. The zero-order chi connectivity index (χ0) is 12.8. The summed E-state index contributed by atoms with van der Waals surface area (Å²) in [6.07, 6.45) is 2.20. The number of aliphatic hydroxyl groups excluding tert-OH is 1. The topological polar surface area (TPSA) is 69.6 Å². The predicted octanol–water partition coefficient (Wildman–Crippen LogP) is 0.714. The maximum atomic E-state index is 11.9. The molecule has 0 atom stereocenters. The molecule has 0 saturated carbocycles. The van der Waals surface area contributed by atoms with Crippen LogP contribution in [0.25, 0.3) is 0 Å². The van der Waals surface area contributed by atoms with Crippen LogP contribution in [0.1, 0.15) is 40.0 Å². The molecule has 0 unspecified atom stereocenters. The number of unbranched alkanes of at least 4 members (excludes halogenated alkanes) is 1. The largest absolute Gasteiger partial charge is 0.396 e. The van der Waals surface area contributed by atoms with Crippen molar-refractivity contribution in [3.05, 3.63) is 0 Å². The van der Waals surface area contributed by atoms with Gasteiger partial charge in [-0.15, -0.1) is 0 Å². The third kappa shape index (κ3) is 5.79. The fourth-order valence-electron chi connectivity index (χ4n) is 1.26. The lowest BCUT2D eigenvalue weighted by Gasteiger charge is -2.28. The fraction of sp³-hybridized carbons (Fsp3) is 1.00. The molecule has 0 aliphatic rings. The molecule has 0 fully saturated rings. The summed E-state index contributed by atoms with van der Waals surface area (Å²) in [6, 6.07) is 0. The first-order valence-corrected chi connectivity index (χ1v) is 7.05. The molecule has 0 radical (unpaired) electrons. The molecular formula is C10H24N2O3S. The SMILES string of the molecule is CCCCN(C)S(=O)(=O)NC(C)(C)CCO. The lowest BCUT2D eigenvalue weighted by molar-refractivity contribution is 0.244. The van der Waals surface area contributed by atoms with Gasteiger partial charge in [0.05, 0.1) is 0 Å². The molecule has 98 valence electrons. The molecule has 2 N–H and O–H groups in total. The Hall–Kier alpha value is -0.170. The van der Waals surface area contributed by atoms with Crippen LogP contribution in [0.2, 0.25) is 0 Å². The van der Waals surface area contributed by atoms with Crippen molar-refractivity contribution < 1.29 is 13.5 Å². The van der Waals surface area contributed by atoms with Crippen molar-refractivity contribution in [3.63, 3.8) is 0 Å². The minimum atomic E-state index is -3.44. The van der Waals surface area contributed by atoms with Crippen LogP contribution in [0.15, 0.2) is 0 Å². The van der Waals surface area contributed by atoms with E-state index >= 15 is 0 Å². The Morgan fingerprint density at radius 2 is 1.94 bits per heavy atom. The Morgan fingerprint density at radius 1 is 1.38 bits per heavy atom. The molecule has 0 bridgehead atoms. The zero-order valence-corrected chi connectivity index (χ0v) is 11.5. The highest BCUT2D eigenvalue weighted by molar-refractivity contribution is 7.87. The number of hydrogen-bond donors (Lipinski definition) is 2. The molecule has 0 saturated heterocycles. The maximum absolute atomic E-state index is 11.9. The second-order valence-corrected chi connectivity index (χ2v) is 6.42. The molecule has 0 aromatic carbocycles. The van der Waals surface area contributed by atoms with Crippen molar-refractivity contribution in [2.75, 3.05) is 20.2 Å². The van der Waals surface area contributed by atoms with Gasteiger partial charge >= 0.3 is 0 Å². The van der Waals surface area contributed by atoms with E-state index in [1.165, 1.54) is 4.31 Å². The van der Waals surface area contributed by atoms with Crippen molar-refractivity contribution in [3.8, 4) is 0 Å². The molecule has 0 aromatic rings. The molecule has 0 aromatic heterocycles. The van der Waals surface area contributed by atoms with E-state index in [4.69, 9.17) is 5.11 Å². The van der Waals surface area contributed by atoms with Gasteiger partial charge in [-0.3, -0.25) is 0 Å². The van der Waals surface area contributed by atoms with Crippen LogP contribution in [0.3, 0.4) is 0 Å². The van der Waals surface area contributed by atoms with Gasteiger partial charge in [-0.05, 0) is 26.7 Å². The first-order chi connectivity index (χ1) is 7.25. The fourth-order valence-corrected chi connectivity index (χ4v) is 2.58. The van der Waals surface area contributed by atoms with Gasteiger partial charge in [0.1, 0.15) is 0 Å². The third-order valence-electron chi connectivity index (χ3n) is 2.38. The van der Waals surface area contributed by atoms with Crippen LogP contribution < -0.4 is 4.72 Å². The smallest absolute Gasteiger partial charge is 0.279 e. The molecule has 5 nitrogen and oxygen atoms in total. The van der Waals surface area contributed by atoms with E-state index in [2.05, 4.69) is 4.72 Å². The second kappa shape index (κ2) is 6.54. The van der Waals surface area contributed by atoms with E-state index < -0.39 is 15.7 Å². The van der Waals surface area contributed by atoms with Gasteiger partial charge in [-0.1, -0.05) is 13.3 Å². The van der Waals surface area contributed by atoms with Crippen LogP contribution in [-0.4, -0.2) is 43.6 Å². The Kier molecular flexibility index (Phi) is 6.47. The van der Waals surface area contributed by atoms with Crippen molar-refractivity contribution in [2.45, 2.75) is 45.6 Å². The highest BCUT2D eigenvalue weighted by atomic mass is 32.2. The molecule has 0 aliphatic carbocycles. The van der Waals surface area contributed by atoms with E-state index in [-0.39, 0.29) is 6.61 Å². The van der Waals surface area contributed by atoms with E-state index in [9.17, 15) is 8.42 Å². The second-order valence-electron chi connectivity index (χ2n) is 4.64. The Balaban J connectivity index is 4.44. The summed E-state index contributed by atoms with van der Waals surface area (Å²) in [6.45, 7) is 6.02. The highest BCUT2D eigenvalue weighted by Gasteiger charge is 2.26. The maximum Gasteiger partial charge on any atom is 0.279 e. The summed E-state index contributed by atoms with van der Waals surface area (Å²) in [7, 11) is -1.88. The van der Waals surface area contributed by atoms with Gasteiger partial charge in [-0.2, -0.15) is 17.4 Å². The normalized spacial score (nSPS) is 13.4. The minimum absolute atomic E-state index is 0.0335. The Morgan fingerprint density at radius 3 is 2.38 bits per heavy atom. The van der Waals surface area contributed by atoms with Gasteiger partial charge in [0.15, 0.2) is 0 Å². The monoisotopic (exact) mass is 252 g/mol. The minimum Gasteiger partial charge on any atom is -0.396 e. The molecular weight excluding hydrogens is 228 g/mol. The number of nitrogens with one attached hydrogen (secondary N) is 1. The van der Waals surface area contributed by atoms with E-state index in [1.807, 2.05) is 6.92 Å². The van der Waals surface area contributed by atoms with Gasteiger partial charge in [0, 0.05) is 25.7 Å². The molecule has 0 heterocycles. The molecule has 0 aliphatic heterocycles. The molecule has 0 rings (SSSR count). The summed E-state index contributed by atoms with van der Waals surface area (Å²) < 4.78 is 27.6. The van der Waals surface area contributed by atoms with Crippen LogP contribution in [0.4, 0.5) is 0 Å². The molecule has 6 heteroatoms. The Labute approximate surface area is 99.0 Å². The van der Waals surface area contributed by atoms with E-state index in [0.717, 1.165) is 12.8 Å². The number of nitrogens with zero attached hydrogens (tertiary/aromatic N) is 1. The van der Waals surface area contributed by atoms with E-state index in [1.54, 1.807) is 20.9 Å². The number of hydrogen-bond acceptors (Lipinski definition) is 3. The van der Waals surface area contributed by atoms with E-state index in [0.29, 0.717) is 13.0 Å². The lowest BCUT2D eigenvalue weighted by Crippen LogP contribution is -2.49. The van der Waals surface area contributed by atoms with Crippen molar-refractivity contribution in [2.24, 2.45) is 0 Å². The van der Waals surface area contributed by atoms with Crippen LogP contribution in [0, 0.1) is 0 Å². The summed E-state index contributed by atoms with van der Waals surface area (Å²) in [5.74, 6) is 0. The predicted molar refractivity (Wildman–Crippen MR) is 65.4 cm³/mol. The average Bonchev–Trinajstić information content (AvgIpc) is 2.11. The standard InChI is InChI=1S/C10H24N2O3S/c1-5-6-8-12(4)16(14,15)11-10(2,3)7-9-13/h11,13H,5-9H2,1-4H3. The van der Waals surface area contributed by atoms with Gasteiger partial charge in [0.25, 0.3) is 10.2 Å². The van der Waals surface area contributed by atoms with Crippen LogP contribution >= 0.6 is 0 Å². The summed E-state index contributed by atoms with van der Waals surface area (Å²) in [4.78, 5) is 0. The molecule has 0 amide bonds. The van der Waals surface area contributed by atoms with Crippen molar-refractivity contribution in [1.82, 2.24) is 9.03 Å². The molecule has 0 spiro atoms. The average molecular weight is 252 g/mol. The van der Waals surface area contributed by atoms with Gasteiger partial charge in [0.2, 0.25) is 0 Å². The van der Waals surface area contributed by atoms with Gasteiger partial charge in [-0.25, -0.2) is 0 Å². The quantitative estimate of drug-likeness (QED) is 0.668. The first-order valence-electron chi connectivity index (χ1n) is 5.61. The lowest BCUT2D eigenvalue weighted by atomic mass is 10.0. The van der Waals surface area contributed by atoms with Gasteiger partial charge < -0.3 is 5.11 Å². The highest BCUT2D eigenvalue weighted by Crippen LogP contribution is 2.11. The van der Waals surface area contributed by atoms with Crippen molar-refractivity contribution >= 4 is 10.2 Å². The summed E-state index contributed by atoms with van der Waals surface area (Å²) in [5.41, 5.74) is -0.617. The summed E-state index contributed by atoms with van der Waals surface area (Å²) >= 11 is 0. The third-order valence-corrected chi connectivity index (χ3v) is 4.19. The zero-order valence-electron chi connectivity index (χ0n) is 10.7. The summed E-state index contributed by atoms with van der Waals surface area (Å²) in [5, 5.41) is 8.83. The number of rotatable bonds is 8. The van der Waals surface area contributed by atoms with Crippen LogP contribution in [0.5, 0.6) is 0 Å². The molecule has 16 heavy (non-hydrogen) atoms. The van der Waals surface area contributed by atoms with Crippen molar-refractivity contribution in [1.29, 1.82) is 0 Å².